The molecule has 0 unspecified atom stereocenters. The van der Waals surface area contributed by atoms with Crippen molar-refractivity contribution in [3.05, 3.63) is 68.7 Å². The lowest BCUT2D eigenvalue weighted by atomic mass is 9.85. The van der Waals surface area contributed by atoms with Gasteiger partial charge in [-0.1, -0.05) is 40.9 Å². The van der Waals surface area contributed by atoms with E-state index in [1.54, 1.807) is 47.1 Å². The van der Waals surface area contributed by atoms with Crippen LogP contribution < -0.4 is 5.43 Å². The lowest BCUT2D eigenvalue weighted by molar-refractivity contribution is -0.136. The largest absolute Gasteiger partial charge is 0.343 e. The van der Waals surface area contributed by atoms with Crippen LogP contribution in [0.3, 0.4) is 0 Å². The first kappa shape index (κ1) is 27.7. The lowest BCUT2D eigenvalue weighted by Crippen LogP contribution is -2.56. The highest BCUT2D eigenvalue weighted by Crippen LogP contribution is 2.34. The Bertz CT molecular complexity index is 1150. The summed E-state index contributed by atoms with van der Waals surface area (Å²) >= 11 is 18.5. The summed E-state index contributed by atoms with van der Waals surface area (Å²) in [5.41, 5.74) is 4.61. The van der Waals surface area contributed by atoms with Crippen molar-refractivity contribution in [3.8, 4) is 0 Å². The number of hydrazine groups is 1. The van der Waals surface area contributed by atoms with Gasteiger partial charge >= 0.3 is 0 Å². The van der Waals surface area contributed by atoms with E-state index >= 15 is 0 Å². The first-order valence-corrected chi connectivity index (χ1v) is 13.6. The SMILES string of the molecule is CC(=O)N1CCC(C(=O)NN2CC[C@@H](N(C)C(=O)c3ccc(Cl)cc3)[C@H](c3ccc(Cl)c(Cl)c3)C2)CC1. The van der Waals surface area contributed by atoms with Crippen molar-refractivity contribution in [2.45, 2.75) is 38.1 Å². The van der Waals surface area contributed by atoms with E-state index in [2.05, 4.69) is 5.43 Å². The summed E-state index contributed by atoms with van der Waals surface area (Å²) in [6.45, 7) is 3.86. The van der Waals surface area contributed by atoms with Crippen molar-refractivity contribution in [2.75, 3.05) is 33.2 Å². The van der Waals surface area contributed by atoms with Gasteiger partial charge in [-0.05, 0) is 61.2 Å². The number of nitrogens with one attached hydrogen (secondary N) is 1. The topological polar surface area (TPSA) is 73.0 Å². The van der Waals surface area contributed by atoms with E-state index < -0.39 is 0 Å². The van der Waals surface area contributed by atoms with Gasteiger partial charge in [-0.3, -0.25) is 19.8 Å². The van der Waals surface area contributed by atoms with Crippen LogP contribution in [0.2, 0.25) is 15.1 Å². The molecular formula is C27H31Cl3N4O3. The summed E-state index contributed by atoms with van der Waals surface area (Å²) in [4.78, 5) is 41.5. The number of benzene rings is 2. The molecule has 2 aromatic carbocycles. The van der Waals surface area contributed by atoms with Gasteiger partial charge in [0.05, 0.1) is 10.0 Å². The molecule has 2 heterocycles. The van der Waals surface area contributed by atoms with Crippen LogP contribution in [0.4, 0.5) is 0 Å². The molecule has 2 aliphatic rings. The van der Waals surface area contributed by atoms with Crippen molar-refractivity contribution < 1.29 is 14.4 Å². The zero-order valence-corrected chi connectivity index (χ0v) is 23.2. The first-order chi connectivity index (χ1) is 17.6. The first-order valence-electron chi connectivity index (χ1n) is 12.4. The van der Waals surface area contributed by atoms with E-state index in [9.17, 15) is 14.4 Å². The minimum absolute atomic E-state index is 0.0277. The number of amides is 3. The number of carbonyl (C=O) groups excluding carboxylic acids is 3. The Morgan fingerprint density at radius 1 is 0.919 bits per heavy atom. The number of hydrogen-bond acceptors (Lipinski definition) is 4. The molecular weight excluding hydrogens is 535 g/mol. The quantitative estimate of drug-likeness (QED) is 0.562. The summed E-state index contributed by atoms with van der Waals surface area (Å²) in [5, 5.41) is 3.42. The highest BCUT2D eigenvalue weighted by atomic mass is 35.5. The Morgan fingerprint density at radius 2 is 1.59 bits per heavy atom. The Hall–Kier alpha value is -2.32. The van der Waals surface area contributed by atoms with Crippen LogP contribution >= 0.6 is 34.8 Å². The highest BCUT2D eigenvalue weighted by molar-refractivity contribution is 6.42. The highest BCUT2D eigenvalue weighted by Gasteiger charge is 2.37. The van der Waals surface area contributed by atoms with Gasteiger partial charge in [0, 0.05) is 68.6 Å². The molecule has 0 spiro atoms. The fourth-order valence-corrected chi connectivity index (χ4v) is 5.66. The summed E-state index contributed by atoms with van der Waals surface area (Å²) in [6.07, 6.45) is 1.96. The number of piperidine rings is 2. The van der Waals surface area contributed by atoms with Crippen LogP contribution in [0.5, 0.6) is 0 Å². The van der Waals surface area contributed by atoms with Crippen molar-refractivity contribution in [3.63, 3.8) is 0 Å². The smallest absolute Gasteiger partial charge is 0.253 e. The van der Waals surface area contributed by atoms with Crippen LogP contribution in [0.15, 0.2) is 42.5 Å². The second kappa shape index (κ2) is 12.0. The fraction of sp³-hybridized carbons (Fsp3) is 0.444. The van der Waals surface area contributed by atoms with Crippen LogP contribution in [-0.4, -0.2) is 71.8 Å². The van der Waals surface area contributed by atoms with E-state index in [4.69, 9.17) is 34.8 Å². The normalized spacial score (nSPS) is 20.9. The molecule has 2 fully saturated rings. The van der Waals surface area contributed by atoms with E-state index in [-0.39, 0.29) is 35.6 Å². The van der Waals surface area contributed by atoms with Crippen molar-refractivity contribution in [1.29, 1.82) is 0 Å². The number of halogens is 3. The lowest BCUT2D eigenvalue weighted by Gasteiger charge is -2.43. The molecule has 0 radical (unpaired) electrons. The minimum Gasteiger partial charge on any atom is -0.343 e. The Labute approximate surface area is 232 Å². The molecule has 2 saturated heterocycles. The number of carbonyl (C=O) groups is 3. The number of nitrogens with zero attached hydrogens (tertiary/aromatic N) is 3. The van der Waals surface area contributed by atoms with Crippen molar-refractivity contribution in [1.82, 2.24) is 20.2 Å². The number of rotatable bonds is 5. The van der Waals surface area contributed by atoms with Gasteiger partial charge in [0.1, 0.15) is 0 Å². The van der Waals surface area contributed by atoms with Gasteiger partial charge in [0.15, 0.2) is 0 Å². The Morgan fingerprint density at radius 3 is 2.22 bits per heavy atom. The van der Waals surface area contributed by atoms with Gasteiger partial charge in [-0.15, -0.1) is 0 Å². The molecule has 0 saturated carbocycles. The summed E-state index contributed by atoms with van der Waals surface area (Å²) in [5.74, 6) is -0.320. The third-order valence-corrected chi connectivity index (χ3v) is 8.43. The molecule has 4 rings (SSSR count). The minimum atomic E-state index is -0.133. The Kier molecular flexibility index (Phi) is 9.01. The second-order valence-corrected chi connectivity index (χ2v) is 11.0. The number of likely N-dealkylation sites (tertiary alicyclic amines) is 1. The third-order valence-electron chi connectivity index (χ3n) is 7.44. The molecule has 1 N–H and O–H groups in total. The number of likely N-dealkylation sites (N-methyl/N-ethyl adjacent to an activating group) is 1. The molecule has 0 aromatic heterocycles. The van der Waals surface area contributed by atoms with E-state index in [1.807, 2.05) is 24.2 Å². The molecule has 0 bridgehead atoms. The second-order valence-electron chi connectivity index (χ2n) is 9.76. The molecule has 198 valence electrons. The molecule has 2 atom stereocenters. The van der Waals surface area contributed by atoms with E-state index in [1.165, 1.54) is 0 Å². The zero-order valence-electron chi connectivity index (χ0n) is 20.9. The third kappa shape index (κ3) is 6.58. The van der Waals surface area contributed by atoms with Crippen LogP contribution in [-0.2, 0) is 9.59 Å². The molecule has 3 amide bonds. The van der Waals surface area contributed by atoms with Crippen LogP contribution in [0.25, 0.3) is 0 Å². The van der Waals surface area contributed by atoms with Gasteiger partial charge in [-0.2, -0.15) is 0 Å². The molecule has 0 aliphatic carbocycles. The average molecular weight is 566 g/mol. The fourth-order valence-electron chi connectivity index (χ4n) is 5.23. The monoisotopic (exact) mass is 564 g/mol. The average Bonchev–Trinajstić information content (AvgIpc) is 2.90. The van der Waals surface area contributed by atoms with Crippen LogP contribution in [0.1, 0.15) is 48.0 Å². The van der Waals surface area contributed by atoms with Gasteiger partial charge in [0.25, 0.3) is 5.91 Å². The Balaban J connectivity index is 1.49. The number of hydrogen-bond donors (Lipinski definition) is 1. The molecule has 2 aliphatic heterocycles. The van der Waals surface area contributed by atoms with Crippen molar-refractivity contribution >= 4 is 52.5 Å². The van der Waals surface area contributed by atoms with Crippen molar-refractivity contribution in [2.24, 2.45) is 5.92 Å². The summed E-state index contributed by atoms with van der Waals surface area (Å²) in [6, 6.07) is 12.3. The molecule has 10 heteroatoms. The van der Waals surface area contributed by atoms with Crippen LogP contribution in [0, 0.1) is 5.92 Å². The van der Waals surface area contributed by atoms with Gasteiger partial charge < -0.3 is 9.80 Å². The van der Waals surface area contributed by atoms with E-state index in [0.717, 1.165) is 5.56 Å². The standard InChI is InChI=1S/C27H31Cl3N4O3/c1-17(35)33-12-9-18(10-13-33)26(36)31-34-14-11-25(22(16-34)20-5-8-23(29)24(30)15-20)32(2)27(37)19-3-6-21(28)7-4-19/h3-8,15,18,22,25H,9-14,16H2,1-2H3,(H,31,36)/t22-,25+/m0/s1. The summed E-state index contributed by atoms with van der Waals surface area (Å²) in [7, 11) is 1.81. The molecule has 7 nitrogen and oxygen atoms in total. The zero-order chi connectivity index (χ0) is 26.7. The maximum absolute atomic E-state index is 13.3. The van der Waals surface area contributed by atoms with E-state index in [0.29, 0.717) is 66.1 Å². The van der Waals surface area contributed by atoms with Gasteiger partial charge in [-0.25, -0.2) is 5.01 Å². The molecule has 2 aromatic rings. The predicted molar refractivity (Wildman–Crippen MR) is 146 cm³/mol. The summed E-state index contributed by atoms with van der Waals surface area (Å²) < 4.78 is 0. The maximum atomic E-state index is 13.3. The maximum Gasteiger partial charge on any atom is 0.253 e. The predicted octanol–water partition coefficient (Wildman–Crippen LogP) is 4.87. The molecule has 37 heavy (non-hydrogen) atoms. The van der Waals surface area contributed by atoms with Gasteiger partial charge in [0.2, 0.25) is 11.8 Å².